The van der Waals surface area contributed by atoms with E-state index in [9.17, 15) is 9.59 Å². The molecule has 0 saturated carbocycles. The first-order valence-electron chi connectivity index (χ1n) is 6.02. The Labute approximate surface area is 111 Å². The summed E-state index contributed by atoms with van der Waals surface area (Å²) in [7, 11) is 0. The number of benzene rings is 2. The van der Waals surface area contributed by atoms with Gasteiger partial charge in [-0.25, -0.2) is 0 Å². The lowest BCUT2D eigenvalue weighted by Crippen LogP contribution is -2.08. The summed E-state index contributed by atoms with van der Waals surface area (Å²) in [6.07, 6.45) is 0. The monoisotopic (exact) mass is 254 g/mol. The predicted molar refractivity (Wildman–Crippen MR) is 72.4 cm³/mol. The predicted octanol–water partition coefficient (Wildman–Crippen LogP) is 3.11. The Kier molecular flexibility index (Phi) is 3.76. The van der Waals surface area contributed by atoms with Crippen molar-refractivity contribution in [1.82, 2.24) is 0 Å². The van der Waals surface area contributed by atoms with Gasteiger partial charge in [-0.2, -0.15) is 0 Å². The van der Waals surface area contributed by atoms with Crippen molar-refractivity contribution in [2.45, 2.75) is 12.8 Å². The Morgan fingerprint density at radius 2 is 1.42 bits per heavy atom. The van der Waals surface area contributed by atoms with Crippen molar-refractivity contribution in [3.8, 4) is 0 Å². The van der Waals surface area contributed by atoms with Crippen LogP contribution in [0.25, 0.3) is 0 Å². The normalized spacial score (nSPS) is 11.8. The summed E-state index contributed by atoms with van der Waals surface area (Å²) in [4.78, 5) is 23.0. The van der Waals surface area contributed by atoms with Gasteiger partial charge in [-0.1, -0.05) is 54.6 Å². The number of carboxylic acid groups (broad SMARTS) is 1. The Balaban J connectivity index is 2.24. The van der Waals surface area contributed by atoms with E-state index in [1.807, 2.05) is 18.2 Å². The van der Waals surface area contributed by atoms with Crippen LogP contribution in [0.4, 0.5) is 0 Å². The van der Waals surface area contributed by atoms with E-state index in [2.05, 4.69) is 0 Å². The lowest BCUT2D eigenvalue weighted by Gasteiger charge is -2.07. The van der Waals surface area contributed by atoms with Crippen LogP contribution in [-0.2, 0) is 4.79 Å². The second-order valence-electron chi connectivity index (χ2n) is 4.38. The zero-order chi connectivity index (χ0) is 13.8. The van der Waals surface area contributed by atoms with Crippen LogP contribution >= 0.6 is 0 Å². The minimum Gasteiger partial charge on any atom is -0.481 e. The number of rotatable bonds is 4. The van der Waals surface area contributed by atoms with Crippen molar-refractivity contribution in [2.75, 3.05) is 0 Å². The minimum absolute atomic E-state index is 0.0601. The largest absolute Gasteiger partial charge is 0.481 e. The van der Waals surface area contributed by atoms with Crippen LogP contribution < -0.4 is 0 Å². The molecule has 0 unspecified atom stereocenters. The molecule has 0 amide bonds. The van der Waals surface area contributed by atoms with Crippen LogP contribution in [0.2, 0.25) is 0 Å². The number of hydrogen-bond acceptors (Lipinski definition) is 2. The average Bonchev–Trinajstić information content (AvgIpc) is 2.46. The number of carbonyl (C=O) groups excluding carboxylic acids is 1. The molecule has 0 aromatic heterocycles. The van der Waals surface area contributed by atoms with Gasteiger partial charge in [-0.05, 0) is 12.5 Å². The molecule has 1 N–H and O–H groups in total. The lowest BCUT2D eigenvalue weighted by atomic mass is 9.97. The smallest absolute Gasteiger partial charge is 0.310 e. The number of aliphatic carboxylic acids is 1. The fourth-order valence-corrected chi connectivity index (χ4v) is 1.82. The summed E-state index contributed by atoms with van der Waals surface area (Å²) in [5, 5.41) is 8.92. The second kappa shape index (κ2) is 5.48. The topological polar surface area (TPSA) is 54.4 Å². The third-order valence-corrected chi connectivity index (χ3v) is 3.08. The van der Waals surface area contributed by atoms with Crippen molar-refractivity contribution in [3.05, 3.63) is 71.3 Å². The molecule has 2 aromatic rings. The fourth-order valence-electron chi connectivity index (χ4n) is 1.82. The first-order valence-corrected chi connectivity index (χ1v) is 6.02. The van der Waals surface area contributed by atoms with E-state index in [4.69, 9.17) is 5.11 Å². The summed E-state index contributed by atoms with van der Waals surface area (Å²) >= 11 is 0. The molecule has 0 spiro atoms. The maximum atomic E-state index is 12.1. The highest BCUT2D eigenvalue weighted by Gasteiger charge is 2.14. The Morgan fingerprint density at radius 3 is 1.95 bits per heavy atom. The zero-order valence-corrected chi connectivity index (χ0v) is 10.5. The number of carboxylic acids is 1. The van der Waals surface area contributed by atoms with Gasteiger partial charge < -0.3 is 5.11 Å². The number of carbonyl (C=O) groups is 2. The van der Waals surface area contributed by atoms with Crippen molar-refractivity contribution >= 4 is 11.8 Å². The summed E-state index contributed by atoms with van der Waals surface area (Å²) in [5.74, 6) is -1.50. The van der Waals surface area contributed by atoms with E-state index in [0.717, 1.165) is 0 Å². The summed E-state index contributed by atoms with van der Waals surface area (Å²) in [6, 6.07) is 15.7. The Hall–Kier alpha value is -2.42. The second-order valence-corrected chi connectivity index (χ2v) is 4.38. The maximum Gasteiger partial charge on any atom is 0.310 e. The molecule has 0 saturated heterocycles. The van der Waals surface area contributed by atoms with Crippen LogP contribution in [0.5, 0.6) is 0 Å². The quantitative estimate of drug-likeness (QED) is 0.853. The molecule has 0 heterocycles. The molecule has 0 aliphatic heterocycles. The first-order chi connectivity index (χ1) is 9.09. The lowest BCUT2D eigenvalue weighted by molar-refractivity contribution is -0.138. The van der Waals surface area contributed by atoms with E-state index >= 15 is 0 Å². The molecule has 0 aliphatic carbocycles. The van der Waals surface area contributed by atoms with Crippen LogP contribution in [0.3, 0.4) is 0 Å². The minimum atomic E-state index is -0.873. The van der Waals surface area contributed by atoms with Crippen molar-refractivity contribution in [1.29, 1.82) is 0 Å². The van der Waals surface area contributed by atoms with Gasteiger partial charge in [0, 0.05) is 11.1 Å². The van der Waals surface area contributed by atoms with Crippen molar-refractivity contribution in [2.24, 2.45) is 0 Å². The molecule has 3 heteroatoms. The van der Waals surface area contributed by atoms with E-state index < -0.39 is 11.9 Å². The molecule has 96 valence electrons. The average molecular weight is 254 g/mol. The van der Waals surface area contributed by atoms with Gasteiger partial charge in [0.1, 0.15) is 0 Å². The Morgan fingerprint density at radius 1 is 0.895 bits per heavy atom. The van der Waals surface area contributed by atoms with Gasteiger partial charge in [0.05, 0.1) is 5.92 Å². The van der Waals surface area contributed by atoms with E-state index in [1.165, 1.54) is 0 Å². The van der Waals surface area contributed by atoms with Crippen LogP contribution in [0.1, 0.15) is 34.3 Å². The first kappa shape index (κ1) is 13.0. The van der Waals surface area contributed by atoms with Crippen LogP contribution in [-0.4, -0.2) is 16.9 Å². The summed E-state index contributed by atoms with van der Waals surface area (Å²) in [5.41, 5.74) is 1.88. The highest BCUT2D eigenvalue weighted by molar-refractivity contribution is 6.08. The van der Waals surface area contributed by atoms with E-state index in [0.29, 0.717) is 16.7 Å². The Bertz CT molecular complexity index is 585. The van der Waals surface area contributed by atoms with Gasteiger partial charge in [-0.15, -0.1) is 0 Å². The summed E-state index contributed by atoms with van der Waals surface area (Å²) in [6.45, 7) is 1.62. The number of ketones is 1. The standard InChI is InChI=1S/C16H14O3/c1-11(16(18)19)12-7-9-14(10-8-12)15(17)13-5-3-2-4-6-13/h2-11H,1H3,(H,18,19)/t11-/m0/s1. The van der Waals surface area contributed by atoms with Gasteiger partial charge in [0.25, 0.3) is 0 Å². The van der Waals surface area contributed by atoms with Gasteiger partial charge in [0.2, 0.25) is 0 Å². The SMILES string of the molecule is C[C@H](C(=O)O)c1ccc(C(=O)c2ccccc2)cc1. The molecule has 2 aromatic carbocycles. The third kappa shape index (κ3) is 2.88. The molecule has 0 aliphatic rings. The molecule has 19 heavy (non-hydrogen) atoms. The van der Waals surface area contributed by atoms with Gasteiger partial charge in [0.15, 0.2) is 5.78 Å². The molecular formula is C16H14O3. The highest BCUT2D eigenvalue weighted by atomic mass is 16.4. The molecule has 0 radical (unpaired) electrons. The third-order valence-electron chi connectivity index (χ3n) is 3.08. The maximum absolute atomic E-state index is 12.1. The molecule has 2 rings (SSSR count). The van der Waals surface area contributed by atoms with E-state index in [1.54, 1.807) is 43.3 Å². The van der Waals surface area contributed by atoms with Gasteiger partial charge >= 0.3 is 5.97 Å². The van der Waals surface area contributed by atoms with Crippen LogP contribution in [0.15, 0.2) is 54.6 Å². The number of hydrogen-bond donors (Lipinski definition) is 1. The van der Waals surface area contributed by atoms with E-state index in [-0.39, 0.29) is 5.78 Å². The molecule has 0 bridgehead atoms. The highest BCUT2D eigenvalue weighted by Crippen LogP contribution is 2.17. The molecule has 1 atom stereocenters. The van der Waals surface area contributed by atoms with Gasteiger partial charge in [-0.3, -0.25) is 9.59 Å². The zero-order valence-electron chi connectivity index (χ0n) is 10.5. The molecule has 0 fully saturated rings. The summed E-state index contributed by atoms with van der Waals surface area (Å²) < 4.78 is 0. The van der Waals surface area contributed by atoms with Crippen LogP contribution in [0, 0.1) is 0 Å². The molecular weight excluding hydrogens is 240 g/mol. The fraction of sp³-hybridized carbons (Fsp3) is 0.125. The van der Waals surface area contributed by atoms with Crippen molar-refractivity contribution in [3.63, 3.8) is 0 Å². The molecule has 3 nitrogen and oxygen atoms in total. The van der Waals surface area contributed by atoms with Crippen molar-refractivity contribution < 1.29 is 14.7 Å².